The molecule has 0 fully saturated rings. The minimum Gasteiger partial charge on any atom is -0.313 e. The number of rotatable bonds is 8. The molecule has 1 aromatic carbocycles. The van der Waals surface area contributed by atoms with Crippen molar-refractivity contribution in [1.29, 1.82) is 0 Å². The molecular formula is C17H29NO2S. The van der Waals surface area contributed by atoms with Crippen LogP contribution in [0.15, 0.2) is 29.2 Å². The molecule has 21 heavy (non-hydrogen) atoms. The summed E-state index contributed by atoms with van der Waals surface area (Å²) in [5, 5.41) is 3.35. The number of sulfone groups is 1. The Morgan fingerprint density at radius 1 is 1.05 bits per heavy atom. The summed E-state index contributed by atoms with van der Waals surface area (Å²) >= 11 is 0. The first-order valence-corrected chi connectivity index (χ1v) is 9.49. The summed E-state index contributed by atoms with van der Waals surface area (Å²) < 4.78 is 25.1. The van der Waals surface area contributed by atoms with Gasteiger partial charge in [0.2, 0.25) is 0 Å². The number of hydrogen-bond donors (Lipinski definition) is 1. The predicted molar refractivity (Wildman–Crippen MR) is 89.5 cm³/mol. The monoisotopic (exact) mass is 311 g/mol. The number of benzene rings is 1. The van der Waals surface area contributed by atoms with Gasteiger partial charge in [0, 0.05) is 6.04 Å². The van der Waals surface area contributed by atoms with E-state index in [1.165, 1.54) is 5.56 Å². The number of hydrogen-bond acceptors (Lipinski definition) is 3. The second-order valence-corrected chi connectivity index (χ2v) is 8.34. The van der Waals surface area contributed by atoms with E-state index < -0.39 is 9.84 Å². The lowest BCUT2D eigenvalue weighted by Crippen LogP contribution is -2.40. The van der Waals surface area contributed by atoms with Gasteiger partial charge in [-0.25, -0.2) is 8.42 Å². The van der Waals surface area contributed by atoms with Gasteiger partial charge in [-0.05, 0) is 42.5 Å². The van der Waals surface area contributed by atoms with Gasteiger partial charge >= 0.3 is 0 Å². The van der Waals surface area contributed by atoms with Crippen LogP contribution in [-0.4, -0.2) is 26.8 Å². The molecule has 0 aromatic heterocycles. The zero-order chi connectivity index (χ0) is 16.0. The molecule has 0 aliphatic carbocycles. The fraction of sp³-hybridized carbons (Fsp3) is 0.647. The van der Waals surface area contributed by atoms with Crippen LogP contribution in [0.3, 0.4) is 0 Å². The lowest BCUT2D eigenvalue weighted by Gasteiger charge is -2.22. The molecule has 0 radical (unpaired) electrons. The van der Waals surface area contributed by atoms with Crippen LogP contribution in [0.2, 0.25) is 0 Å². The molecule has 1 unspecified atom stereocenters. The summed E-state index contributed by atoms with van der Waals surface area (Å²) in [6.45, 7) is 11.3. The van der Waals surface area contributed by atoms with E-state index in [2.05, 4.69) is 39.9 Å². The topological polar surface area (TPSA) is 46.2 Å². The van der Waals surface area contributed by atoms with Crippen molar-refractivity contribution in [2.75, 3.05) is 12.3 Å². The third-order valence-electron chi connectivity index (χ3n) is 3.77. The average molecular weight is 311 g/mol. The maximum atomic E-state index is 12.6. The van der Waals surface area contributed by atoms with Crippen molar-refractivity contribution in [1.82, 2.24) is 5.32 Å². The van der Waals surface area contributed by atoms with Gasteiger partial charge in [-0.3, -0.25) is 0 Å². The summed E-state index contributed by atoms with van der Waals surface area (Å²) in [5.41, 5.74) is 1.17. The SMILES string of the molecule is CCCNC(CS(=O)(=O)c1ccc(C(C)C)cc1)C(C)C. The van der Waals surface area contributed by atoms with Gasteiger partial charge < -0.3 is 5.32 Å². The van der Waals surface area contributed by atoms with E-state index in [0.717, 1.165) is 13.0 Å². The van der Waals surface area contributed by atoms with Gasteiger partial charge in [-0.2, -0.15) is 0 Å². The maximum Gasteiger partial charge on any atom is 0.179 e. The first-order valence-electron chi connectivity index (χ1n) is 7.84. The zero-order valence-electron chi connectivity index (χ0n) is 13.9. The smallest absolute Gasteiger partial charge is 0.179 e. The Labute approximate surface area is 130 Å². The van der Waals surface area contributed by atoms with Gasteiger partial charge in [0.25, 0.3) is 0 Å². The highest BCUT2D eigenvalue weighted by Gasteiger charge is 2.23. The molecule has 0 saturated carbocycles. The quantitative estimate of drug-likeness (QED) is 0.798. The predicted octanol–water partition coefficient (Wildman–Crippen LogP) is 3.61. The average Bonchev–Trinajstić information content (AvgIpc) is 2.43. The summed E-state index contributed by atoms with van der Waals surface area (Å²) in [4.78, 5) is 0.427. The van der Waals surface area contributed by atoms with Crippen LogP contribution in [0.1, 0.15) is 52.5 Å². The highest BCUT2D eigenvalue weighted by Crippen LogP contribution is 2.19. The van der Waals surface area contributed by atoms with Crippen LogP contribution >= 0.6 is 0 Å². The number of nitrogens with one attached hydrogen (secondary N) is 1. The highest BCUT2D eigenvalue weighted by molar-refractivity contribution is 7.91. The van der Waals surface area contributed by atoms with Crippen LogP contribution < -0.4 is 5.32 Å². The second-order valence-electron chi connectivity index (χ2n) is 6.31. The zero-order valence-corrected chi connectivity index (χ0v) is 14.7. The standard InChI is InChI=1S/C17H29NO2S/c1-6-11-18-17(14(4)5)12-21(19,20)16-9-7-15(8-10-16)13(2)3/h7-10,13-14,17-18H,6,11-12H2,1-5H3. The lowest BCUT2D eigenvalue weighted by atomic mass is 10.0. The Bertz CT molecular complexity index is 518. The molecule has 1 rings (SSSR count). The van der Waals surface area contributed by atoms with Crippen LogP contribution in [0.5, 0.6) is 0 Å². The Morgan fingerprint density at radius 2 is 1.62 bits per heavy atom. The molecular weight excluding hydrogens is 282 g/mol. The van der Waals surface area contributed by atoms with E-state index in [0.29, 0.717) is 16.7 Å². The minimum atomic E-state index is -3.24. The normalized spacial score (nSPS) is 13.9. The largest absolute Gasteiger partial charge is 0.313 e. The molecule has 120 valence electrons. The van der Waals surface area contributed by atoms with Crippen molar-refractivity contribution in [3.05, 3.63) is 29.8 Å². The molecule has 0 amide bonds. The molecule has 0 saturated heterocycles. The van der Waals surface area contributed by atoms with E-state index in [4.69, 9.17) is 0 Å². The molecule has 4 heteroatoms. The summed E-state index contributed by atoms with van der Waals surface area (Å²) in [6.07, 6.45) is 1.01. The van der Waals surface area contributed by atoms with E-state index in [-0.39, 0.29) is 11.8 Å². The Balaban J connectivity index is 2.88. The van der Waals surface area contributed by atoms with E-state index in [1.807, 2.05) is 12.1 Å². The van der Waals surface area contributed by atoms with Gasteiger partial charge in [0.05, 0.1) is 10.6 Å². The first-order chi connectivity index (χ1) is 9.77. The molecule has 3 nitrogen and oxygen atoms in total. The van der Waals surface area contributed by atoms with Crippen LogP contribution in [0, 0.1) is 5.92 Å². The lowest BCUT2D eigenvalue weighted by molar-refractivity contribution is 0.426. The molecule has 1 N–H and O–H groups in total. The first kappa shape index (κ1) is 18.2. The third kappa shape index (κ3) is 5.44. The summed E-state index contributed by atoms with van der Waals surface area (Å²) in [7, 11) is -3.24. The van der Waals surface area contributed by atoms with Crippen molar-refractivity contribution in [3.8, 4) is 0 Å². The van der Waals surface area contributed by atoms with E-state index in [9.17, 15) is 8.42 Å². The highest BCUT2D eigenvalue weighted by atomic mass is 32.2. The van der Waals surface area contributed by atoms with Crippen molar-refractivity contribution >= 4 is 9.84 Å². The van der Waals surface area contributed by atoms with Crippen molar-refractivity contribution in [3.63, 3.8) is 0 Å². The van der Waals surface area contributed by atoms with E-state index >= 15 is 0 Å². The van der Waals surface area contributed by atoms with Gasteiger partial charge in [-0.15, -0.1) is 0 Å². The van der Waals surface area contributed by atoms with E-state index in [1.54, 1.807) is 12.1 Å². The Morgan fingerprint density at radius 3 is 2.05 bits per heavy atom. The molecule has 0 heterocycles. The fourth-order valence-electron chi connectivity index (χ4n) is 2.21. The third-order valence-corrected chi connectivity index (χ3v) is 5.55. The maximum absolute atomic E-state index is 12.6. The fourth-order valence-corrected chi connectivity index (χ4v) is 3.93. The van der Waals surface area contributed by atoms with Crippen LogP contribution in [0.4, 0.5) is 0 Å². The van der Waals surface area contributed by atoms with Crippen LogP contribution in [0.25, 0.3) is 0 Å². The molecule has 0 bridgehead atoms. The molecule has 0 aliphatic heterocycles. The molecule has 0 spiro atoms. The van der Waals surface area contributed by atoms with Crippen molar-refractivity contribution in [2.24, 2.45) is 5.92 Å². The van der Waals surface area contributed by atoms with Crippen molar-refractivity contribution in [2.45, 2.75) is 57.9 Å². The minimum absolute atomic E-state index is 0.000254. The van der Waals surface area contributed by atoms with Gasteiger partial charge in [0.1, 0.15) is 0 Å². The summed E-state index contributed by atoms with van der Waals surface area (Å²) in [6, 6.07) is 7.31. The Hall–Kier alpha value is -0.870. The Kier molecular flexibility index (Phi) is 6.88. The van der Waals surface area contributed by atoms with Gasteiger partial charge in [-0.1, -0.05) is 46.8 Å². The molecule has 0 aliphatic rings. The molecule has 1 aromatic rings. The van der Waals surface area contributed by atoms with Crippen LogP contribution in [-0.2, 0) is 9.84 Å². The molecule has 1 atom stereocenters. The van der Waals surface area contributed by atoms with Gasteiger partial charge in [0.15, 0.2) is 9.84 Å². The second kappa shape index (κ2) is 7.95. The summed E-state index contributed by atoms with van der Waals surface area (Å²) in [5.74, 6) is 0.865. The van der Waals surface area contributed by atoms with Crippen molar-refractivity contribution < 1.29 is 8.42 Å².